The van der Waals surface area contributed by atoms with Crippen molar-refractivity contribution in [3.05, 3.63) is 42.0 Å². The van der Waals surface area contributed by atoms with Crippen molar-refractivity contribution < 1.29 is 9.94 Å². The van der Waals surface area contributed by atoms with Crippen LogP contribution in [0.1, 0.15) is 18.9 Å². The van der Waals surface area contributed by atoms with E-state index in [-0.39, 0.29) is 5.84 Å². The quantitative estimate of drug-likeness (QED) is 0.167. The van der Waals surface area contributed by atoms with E-state index in [1.807, 2.05) is 13.0 Å². The second-order valence-electron chi connectivity index (χ2n) is 3.97. The zero-order valence-electron chi connectivity index (χ0n) is 11.2. The molecule has 19 heavy (non-hydrogen) atoms. The molecule has 104 valence electrons. The predicted octanol–water partition coefficient (Wildman–Crippen LogP) is 1.72. The van der Waals surface area contributed by atoms with Crippen LogP contribution >= 0.6 is 0 Å². The molecule has 5 nitrogen and oxygen atoms in total. The molecule has 0 amide bonds. The fourth-order valence-electron chi connectivity index (χ4n) is 1.50. The molecule has 0 spiro atoms. The summed E-state index contributed by atoms with van der Waals surface area (Å²) in [5.41, 5.74) is 6.13. The highest BCUT2D eigenvalue weighted by atomic mass is 16.5. The van der Waals surface area contributed by atoms with Crippen LogP contribution in [0.3, 0.4) is 0 Å². The van der Waals surface area contributed by atoms with Gasteiger partial charge in [0.25, 0.3) is 0 Å². The number of allylic oxidation sites excluding steroid dienone is 1. The fraction of sp³-hybridized carbons (Fsp3) is 0.357. The second-order valence-corrected chi connectivity index (χ2v) is 3.97. The molecule has 0 fully saturated rings. The van der Waals surface area contributed by atoms with Gasteiger partial charge in [0.15, 0.2) is 5.84 Å². The number of nitrogens with two attached hydrogens (primary N) is 1. The van der Waals surface area contributed by atoms with Crippen LogP contribution in [0.4, 0.5) is 0 Å². The summed E-state index contributed by atoms with van der Waals surface area (Å²) in [6.45, 7) is 4.38. The summed E-state index contributed by atoms with van der Waals surface area (Å²) in [5, 5.41) is 14.8. The Balaban J connectivity index is 2.23. The van der Waals surface area contributed by atoms with Crippen LogP contribution in [0, 0.1) is 0 Å². The van der Waals surface area contributed by atoms with E-state index in [1.165, 1.54) is 0 Å². The van der Waals surface area contributed by atoms with Crippen molar-refractivity contribution in [2.45, 2.75) is 13.3 Å². The van der Waals surface area contributed by atoms with Crippen molar-refractivity contribution in [1.82, 2.24) is 5.32 Å². The third-order valence-corrected chi connectivity index (χ3v) is 2.53. The monoisotopic (exact) mass is 263 g/mol. The van der Waals surface area contributed by atoms with E-state index >= 15 is 0 Å². The molecule has 0 saturated heterocycles. The van der Waals surface area contributed by atoms with Gasteiger partial charge in [0.1, 0.15) is 12.4 Å². The van der Waals surface area contributed by atoms with Crippen molar-refractivity contribution in [3.63, 3.8) is 0 Å². The molecule has 0 saturated carbocycles. The average molecular weight is 263 g/mol. The first-order chi connectivity index (χ1) is 9.27. The van der Waals surface area contributed by atoms with E-state index in [0.717, 1.165) is 25.3 Å². The second kappa shape index (κ2) is 8.99. The number of hydrogen-bond donors (Lipinski definition) is 3. The molecule has 0 aromatic heterocycles. The Hall–Kier alpha value is -2.01. The maximum absolute atomic E-state index is 8.54. The molecule has 4 N–H and O–H groups in total. The lowest BCUT2D eigenvalue weighted by Gasteiger charge is -2.07. The highest BCUT2D eigenvalue weighted by molar-refractivity contribution is 5.97. The van der Waals surface area contributed by atoms with Crippen molar-refractivity contribution >= 4 is 5.84 Å². The molecule has 0 unspecified atom stereocenters. The molecular weight excluding hydrogens is 242 g/mol. The van der Waals surface area contributed by atoms with Crippen LogP contribution in [-0.4, -0.2) is 30.7 Å². The van der Waals surface area contributed by atoms with Crippen LogP contribution in [0.15, 0.2) is 41.6 Å². The van der Waals surface area contributed by atoms with E-state index in [9.17, 15) is 0 Å². The van der Waals surface area contributed by atoms with Gasteiger partial charge in [-0.05, 0) is 44.2 Å². The van der Waals surface area contributed by atoms with E-state index in [4.69, 9.17) is 15.7 Å². The molecule has 0 aliphatic heterocycles. The first kappa shape index (κ1) is 15.0. The third kappa shape index (κ3) is 5.92. The van der Waals surface area contributed by atoms with Gasteiger partial charge in [-0.25, -0.2) is 0 Å². The summed E-state index contributed by atoms with van der Waals surface area (Å²) in [6.07, 6.45) is 5.20. The molecule has 0 aliphatic rings. The lowest BCUT2D eigenvalue weighted by molar-refractivity contribution is 0.314. The van der Waals surface area contributed by atoms with Crippen LogP contribution < -0.4 is 15.8 Å². The van der Waals surface area contributed by atoms with Gasteiger partial charge in [0.05, 0.1) is 0 Å². The Kier molecular flexibility index (Phi) is 7.12. The summed E-state index contributed by atoms with van der Waals surface area (Å²) in [6, 6.07) is 7.11. The maximum atomic E-state index is 8.54. The SMILES string of the molecule is C/C=C/CCNCCOc1ccc(/C(N)=N/O)cc1. The Morgan fingerprint density at radius 2 is 2.11 bits per heavy atom. The molecule has 0 aliphatic carbocycles. The summed E-state index contributed by atoms with van der Waals surface area (Å²) in [7, 11) is 0. The van der Waals surface area contributed by atoms with Gasteiger partial charge >= 0.3 is 0 Å². The van der Waals surface area contributed by atoms with Gasteiger partial charge in [-0.15, -0.1) is 0 Å². The first-order valence-corrected chi connectivity index (χ1v) is 6.30. The zero-order chi connectivity index (χ0) is 13.9. The minimum Gasteiger partial charge on any atom is -0.492 e. The topological polar surface area (TPSA) is 79.9 Å². The molecule has 5 heteroatoms. The Morgan fingerprint density at radius 3 is 2.74 bits per heavy atom. The highest BCUT2D eigenvalue weighted by Crippen LogP contribution is 2.11. The third-order valence-electron chi connectivity index (χ3n) is 2.53. The number of hydrogen-bond acceptors (Lipinski definition) is 4. The highest BCUT2D eigenvalue weighted by Gasteiger charge is 1.99. The molecule has 1 aromatic rings. The number of nitrogens with zero attached hydrogens (tertiary/aromatic N) is 1. The Morgan fingerprint density at radius 1 is 1.37 bits per heavy atom. The largest absolute Gasteiger partial charge is 0.492 e. The van der Waals surface area contributed by atoms with Gasteiger partial charge in [-0.1, -0.05) is 17.3 Å². The molecular formula is C14H21N3O2. The maximum Gasteiger partial charge on any atom is 0.170 e. The van der Waals surface area contributed by atoms with Crippen LogP contribution in [0.5, 0.6) is 5.75 Å². The number of benzene rings is 1. The van der Waals surface area contributed by atoms with Crippen LogP contribution in [-0.2, 0) is 0 Å². The molecule has 1 aromatic carbocycles. The molecule has 0 radical (unpaired) electrons. The average Bonchev–Trinajstić information content (AvgIpc) is 2.46. The minimum absolute atomic E-state index is 0.0946. The number of oxime groups is 1. The van der Waals surface area contributed by atoms with E-state index < -0.39 is 0 Å². The summed E-state index contributed by atoms with van der Waals surface area (Å²) in [5.74, 6) is 0.863. The Bertz CT molecular complexity index is 413. The fourth-order valence-corrected chi connectivity index (χ4v) is 1.50. The molecule has 0 atom stereocenters. The lowest BCUT2D eigenvalue weighted by atomic mass is 10.2. The van der Waals surface area contributed by atoms with Crippen LogP contribution in [0.2, 0.25) is 0 Å². The van der Waals surface area contributed by atoms with Crippen molar-refractivity contribution in [2.24, 2.45) is 10.9 Å². The lowest BCUT2D eigenvalue weighted by Crippen LogP contribution is -2.21. The zero-order valence-corrected chi connectivity index (χ0v) is 11.2. The van der Waals surface area contributed by atoms with Gasteiger partial charge < -0.3 is 21.0 Å². The van der Waals surface area contributed by atoms with Crippen molar-refractivity contribution in [1.29, 1.82) is 0 Å². The van der Waals surface area contributed by atoms with E-state index in [1.54, 1.807) is 24.3 Å². The Labute approximate surface area is 113 Å². The smallest absolute Gasteiger partial charge is 0.170 e. The summed E-state index contributed by atoms with van der Waals surface area (Å²) >= 11 is 0. The summed E-state index contributed by atoms with van der Waals surface area (Å²) < 4.78 is 5.56. The standard InChI is InChI=1S/C14H21N3O2/c1-2-3-4-9-16-10-11-19-13-7-5-12(6-8-13)14(15)17-18/h2-3,5-8,16,18H,4,9-11H2,1H3,(H2,15,17)/b3-2+. The van der Waals surface area contributed by atoms with Crippen LogP contribution in [0.25, 0.3) is 0 Å². The van der Waals surface area contributed by atoms with Gasteiger partial charge in [-0.3, -0.25) is 0 Å². The number of rotatable bonds is 8. The molecule has 0 bridgehead atoms. The summed E-state index contributed by atoms with van der Waals surface area (Å²) in [4.78, 5) is 0. The van der Waals surface area contributed by atoms with Gasteiger partial charge in [0.2, 0.25) is 0 Å². The van der Waals surface area contributed by atoms with Gasteiger partial charge in [-0.2, -0.15) is 0 Å². The molecule has 1 rings (SSSR count). The van der Waals surface area contributed by atoms with Gasteiger partial charge in [0, 0.05) is 12.1 Å². The molecule has 0 heterocycles. The predicted molar refractivity (Wildman–Crippen MR) is 76.7 cm³/mol. The number of amidine groups is 1. The van der Waals surface area contributed by atoms with Crippen molar-refractivity contribution in [3.8, 4) is 5.75 Å². The minimum atomic E-state index is 0.0946. The normalized spacial score (nSPS) is 11.9. The number of nitrogens with one attached hydrogen (secondary N) is 1. The first-order valence-electron chi connectivity index (χ1n) is 6.30. The van der Waals surface area contributed by atoms with Crippen molar-refractivity contribution in [2.75, 3.05) is 19.7 Å². The van der Waals surface area contributed by atoms with E-state index in [2.05, 4.69) is 16.5 Å². The van der Waals surface area contributed by atoms with E-state index in [0.29, 0.717) is 12.2 Å². The number of ether oxygens (including phenoxy) is 1.